The molecule has 0 amide bonds. The molecule has 1 aromatic rings. The van der Waals surface area contributed by atoms with E-state index in [2.05, 4.69) is 17.4 Å². The third-order valence-corrected chi connectivity index (χ3v) is 3.99. The molecule has 0 radical (unpaired) electrons. The fourth-order valence-corrected chi connectivity index (χ4v) is 2.99. The van der Waals surface area contributed by atoms with Crippen LogP contribution in [0.5, 0.6) is 0 Å². The standard InChI is InChI=1S/C12H15NO2S/c14-12(15)10-8-16-11(13-10)7-6-9-4-2-1-3-5-9/h1-5,10-11,13H,6-8H2,(H,14,15)/t10-,11-/m0/s1. The molecule has 2 N–H and O–H groups in total. The molecule has 0 aromatic heterocycles. The van der Waals surface area contributed by atoms with Gasteiger partial charge in [0.2, 0.25) is 0 Å². The van der Waals surface area contributed by atoms with Gasteiger partial charge >= 0.3 is 5.97 Å². The molecule has 0 aliphatic carbocycles. The van der Waals surface area contributed by atoms with Crippen molar-refractivity contribution < 1.29 is 9.90 Å². The summed E-state index contributed by atoms with van der Waals surface area (Å²) in [5.41, 5.74) is 1.31. The lowest BCUT2D eigenvalue weighted by molar-refractivity contribution is -0.138. The van der Waals surface area contributed by atoms with Gasteiger partial charge in [0.05, 0.1) is 5.37 Å². The first kappa shape index (κ1) is 11.5. The number of carboxylic acid groups (broad SMARTS) is 1. The van der Waals surface area contributed by atoms with Crippen molar-refractivity contribution in [3.63, 3.8) is 0 Å². The Labute approximate surface area is 99.2 Å². The minimum Gasteiger partial charge on any atom is -0.480 e. The highest BCUT2D eigenvalue weighted by atomic mass is 32.2. The smallest absolute Gasteiger partial charge is 0.321 e. The third kappa shape index (κ3) is 3.00. The maximum Gasteiger partial charge on any atom is 0.321 e. The van der Waals surface area contributed by atoms with Gasteiger partial charge in [-0.2, -0.15) is 0 Å². The zero-order valence-electron chi connectivity index (χ0n) is 8.93. The van der Waals surface area contributed by atoms with Crippen LogP contribution >= 0.6 is 11.8 Å². The van der Waals surface area contributed by atoms with E-state index in [1.165, 1.54) is 5.56 Å². The van der Waals surface area contributed by atoms with E-state index in [9.17, 15) is 4.79 Å². The second-order valence-electron chi connectivity index (χ2n) is 3.90. The number of hydrogen-bond donors (Lipinski definition) is 2. The van der Waals surface area contributed by atoms with E-state index >= 15 is 0 Å². The van der Waals surface area contributed by atoms with Crippen LogP contribution in [0.1, 0.15) is 12.0 Å². The van der Waals surface area contributed by atoms with Gasteiger partial charge in [-0.25, -0.2) is 0 Å². The fourth-order valence-electron chi connectivity index (χ4n) is 1.78. The molecule has 0 saturated carbocycles. The summed E-state index contributed by atoms with van der Waals surface area (Å²) in [5.74, 6) is -0.0656. The van der Waals surface area contributed by atoms with E-state index in [0.717, 1.165) is 12.8 Å². The van der Waals surface area contributed by atoms with Crippen LogP contribution in [-0.4, -0.2) is 28.2 Å². The van der Waals surface area contributed by atoms with Gasteiger partial charge in [0.1, 0.15) is 6.04 Å². The van der Waals surface area contributed by atoms with Gasteiger partial charge in [0.15, 0.2) is 0 Å². The highest BCUT2D eigenvalue weighted by molar-refractivity contribution is 8.00. The number of nitrogens with one attached hydrogen (secondary N) is 1. The zero-order valence-corrected chi connectivity index (χ0v) is 9.74. The summed E-state index contributed by atoms with van der Waals surface area (Å²) in [7, 11) is 0. The van der Waals surface area contributed by atoms with Crippen LogP contribution < -0.4 is 5.32 Å². The Balaban J connectivity index is 1.78. The Hall–Kier alpha value is -1.00. The maximum absolute atomic E-state index is 10.7. The van der Waals surface area contributed by atoms with Crippen molar-refractivity contribution in [2.45, 2.75) is 24.3 Å². The van der Waals surface area contributed by atoms with Gasteiger partial charge in [-0.15, -0.1) is 11.8 Å². The maximum atomic E-state index is 10.7. The molecule has 0 spiro atoms. The Kier molecular flexibility index (Phi) is 3.85. The van der Waals surface area contributed by atoms with E-state index in [0.29, 0.717) is 5.75 Å². The number of aliphatic carboxylic acids is 1. The summed E-state index contributed by atoms with van der Waals surface area (Å²) in [4.78, 5) is 10.7. The van der Waals surface area contributed by atoms with Crippen LogP contribution in [0.3, 0.4) is 0 Å². The van der Waals surface area contributed by atoms with E-state index in [-0.39, 0.29) is 11.4 Å². The van der Waals surface area contributed by atoms with Gasteiger partial charge in [-0.1, -0.05) is 30.3 Å². The van der Waals surface area contributed by atoms with Crippen molar-refractivity contribution >= 4 is 17.7 Å². The first-order valence-corrected chi connectivity index (χ1v) is 6.45. The quantitative estimate of drug-likeness (QED) is 0.837. The molecule has 0 bridgehead atoms. The second kappa shape index (κ2) is 5.37. The first-order chi connectivity index (χ1) is 7.75. The SMILES string of the molecule is O=C(O)[C@@H]1CS[C@@H](CCc2ccccc2)N1. The first-order valence-electron chi connectivity index (χ1n) is 5.40. The van der Waals surface area contributed by atoms with Crippen molar-refractivity contribution in [3.8, 4) is 0 Å². The molecule has 86 valence electrons. The van der Waals surface area contributed by atoms with Crippen LogP contribution in [0.25, 0.3) is 0 Å². The average molecular weight is 237 g/mol. The fraction of sp³-hybridized carbons (Fsp3) is 0.417. The van der Waals surface area contributed by atoms with Gasteiger partial charge < -0.3 is 5.11 Å². The van der Waals surface area contributed by atoms with E-state index < -0.39 is 5.97 Å². The lowest BCUT2D eigenvalue weighted by Crippen LogP contribution is -2.36. The summed E-state index contributed by atoms with van der Waals surface area (Å²) in [6.45, 7) is 0. The molecule has 1 aliphatic rings. The summed E-state index contributed by atoms with van der Waals surface area (Å²) in [6, 6.07) is 9.91. The van der Waals surface area contributed by atoms with Crippen molar-refractivity contribution in [1.29, 1.82) is 0 Å². The van der Waals surface area contributed by atoms with E-state index in [1.54, 1.807) is 11.8 Å². The molecule has 2 atom stereocenters. The zero-order chi connectivity index (χ0) is 11.4. The predicted octanol–water partition coefficient (Wildman–Crippen LogP) is 1.73. The Morgan fingerprint density at radius 1 is 1.44 bits per heavy atom. The highest BCUT2D eigenvalue weighted by Gasteiger charge is 2.28. The van der Waals surface area contributed by atoms with Crippen molar-refractivity contribution in [2.24, 2.45) is 0 Å². The minimum atomic E-state index is -0.741. The number of aryl methyl sites for hydroxylation is 1. The summed E-state index contributed by atoms with van der Waals surface area (Å²) in [6.07, 6.45) is 1.98. The second-order valence-corrected chi connectivity index (χ2v) is 5.14. The Morgan fingerprint density at radius 2 is 2.19 bits per heavy atom. The molecule has 16 heavy (non-hydrogen) atoms. The molecule has 1 heterocycles. The topological polar surface area (TPSA) is 49.3 Å². The minimum absolute atomic E-state index is 0.279. The van der Waals surface area contributed by atoms with Gasteiger partial charge in [-0.05, 0) is 18.4 Å². The molecule has 2 rings (SSSR count). The van der Waals surface area contributed by atoms with E-state index in [1.807, 2.05) is 18.2 Å². The number of hydrogen-bond acceptors (Lipinski definition) is 3. The Bertz CT molecular complexity index is 355. The van der Waals surface area contributed by atoms with Gasteiger partial charge in [0, 0.05) is 5.75 Å². The van der Waals surface area contributed by atoms with Crippen molar-refractivity contribution in [1.82, 2.24) is 5.32 Å². The Morgan fingerprint density at radius 3 is 2.81 bits per heavy atom. The largest absolute Gasteiger partial charge is 0.480 e. The van der Waals surface area contributed by atoms with Crippen molar-refractivity contribution in [2.75, 3.05) is 5.75 Å². The average Bonchev–Trinajstić information content (AvgIpc) is 2.76. The predicted molar refractivity (Wildman–Crippen MR) is 65.6 cm³/mol. The molecule has 1 fully saturated rings. The molecular formula is C12H15NO2S. The van der Waals surface area contributed by atoms with Gasteiger partial charge in [0.25, 0.3) is 0 Å². The molecule has 0 unspecified atom stereocenters. The summed E-state index contributed by atoms with van der Waals surface area (Å²) in [5, 5.41) is 12.2. The van der Waals surface area contributed by atoms with Crippen molar-refractivity contribution in [3.05, 3.63) is 35.9 Å². The molecule has 3 nitrogen and oxygen atoms in total. The number of rotatable bonds is 4. The molecule has 4 heteroatoms. The lowest BCUT2D eigenvalue weighted by atomic mass is 10.1. The summed E-state index contributed by atoms with van der Waals surface area (Å²) < 4.78 is 0. The molecule has 1 aromatic carbocycles. The molecule has 1 saturated heterocycles. The number of thioether (sulfide) groups is 1. The third-order valence-electron chi connectivity index (χ3n) is 2.69. The highest BCUT2D eigenvalue weighted by Crippen LogP contribution is 2.22. The summed E-state index contributed by atoms with van der Waals surface area (Å²) >= 11 is 1.71. The number of carboxylic acids is 1. The normalized spacial score (nSPS) is 24.5. The van der Waals surface area contributed by atoms with E-state index in [4.69, 9.17) is 5.11 Å². The number of carbonyl (C=O) groups is 1. The van der Waals surface area contributed by atoms with Crippen LogP contribution in [-0.2, 0) is 11.2 Å². The monoisotopic (exact) mass is 237 g/mol. The van der Waals surface area contributed by atoms with Crippen LogP contribution in [0, 0.1) is 0 Å². The molecular weight excluding hydrogens is 222 g/mol. The van der Waals surface area contributed by atoms with Crippen LogP contribution in [0.15, 0.2) is 30.3 Å². The molecule has 1 aliphatic heterocycles. The van der Waals surface area contributed by atoms with Gasteiger partial charge in [-0.3, -0.25) is 10.1 Å². The van der Waals surface area contributed by atoms with Crippen LogP contribution in [0.4, 0.5) is 0 Å². The van der Waals surface area contributed by atoms with Crippen LogP contribution in [0.2, 0.25) is 0 Å². The number of benzene rings is 1. The lowest BCUT2D eigenvalue weighted by Gasteiger charge is -2.10.